The zero-order valence-corrected chi connectivity index (χ0v) is 34.3. The minimum Gasteiger partial charge on any atom is -0.507 e. The molecular formula is C55H55N3O. The molecule has 0 aliphatic heterocycles. The van der Waals surface area contributed by atoms with Gasteiger partial charge in [-0.2, -0.15) is 0 Å². The highest BCUT2D eigenvalue weighted by atomic mass is 16.3. The molecule has 0 radical (unpaired) electrons. The molecule has 0 bridgehead atoms. The van der Waals surface area contributed by atoms with Crippen LogP contribution in [0.2, 0.25) is 0 Å². The fraction of sp³-hybridized carbons (Fsp3) is 0.236. The Bertz CT molecular complexity index is 3400. The van der Waals surface area contributed by atoms with Gasteiger partial charge in [-0.3, -0.25) is 9.55 Å². The average Bonchev–Trinajstić information content (AvgIpc) is 3.68. The molecule has 0 amide bonds. The molecule has 8 aromatic rings. The van der Waals surface area contributed by atoms with Crippen LogP contribution in [0.5, 0.6) is 5.75 Å². The third-order valence-corrected chi connectivity index (χ3v) is 10.7. The lowest BCUT2D eigenvalue weighted by Crippen LogP contribution is -2.13. The van der Waals surface area contributed by atoms with E-state index >= 15 is 0 Å². The number of phenolic OH excluding ortho intramolecular Hbond substituents is 1. The van der Waals surface area contributed by atoms with Crippen molar-refractivity contribution in [1.82, 2.24) is 14.5 Å². The van der Waals surface area contributed by atoms with Crippen LogP contribution in [-0.4, -0.2) is 19.6 Å². The minimum atomic E-state index is -3.52. The van der Waals surface area contributed by atoms with Crippen LogP contribution in [0.4, 0.5) is 0 Å². The Kier molecular flexibility index (Phi) is 6.53. The van der Waals surface area contributed by atoms with Crippen molar-refractivity contribution in [3.05, 3.63) is 168 Å². The van der Waals surface area contributed by atoms with E-state index in [-0.39, 0.29) is 29.2 Å². The zero-order valence-electron chi connectivity index (χ0n) is 48.3. The van der Waals surface area contributed by atoms with Crippen molar-refractivity contribution in [3.63, 3.8) is 0 Å². The quantitative estimate of drug-likeness (QED) is 0.183. The van der Waals surface area contributed by atoms with Crippen molar-refractivity contribution in [2.45, 2.75) is 85.3 Å². The van der Waals surface area contributed by atoms with Gasteiger partial charge in [-0.25, -0.2) is 4.98 Å². The molecule has 2 heterocycles. The standard InChI is InChI=1S/C55H55N3O/c1-35-28-45(51(59)46(29-35)55(8,9)10)52-57-50-43(22-17-23-49(50)58(52)48-25-24-41(53(2,3)4)34-44(48)37-20-15-12-16-21-37)39-30-40(32-42(31-39)54(5,6)7)47-33-38(26-27-56-47)36-18-13-11-14-19-36/h11-34,59H,1-10H3/i2D3,3D3,4D3,11D,13D,14D,18D,19D. The highest BCUT2D eigenvalue weighted by molar-refractivity contribution is 5.98. The second kappa shape index (κ2) is 14.8. The van der Waals surface area contributed by atoms with Gasteiger partial charge in [0.05, 0.1) is 34.8 Å². The van der Waals surface area contributed by atoms with Crippen molar-refractivity contribution in [2.75, 3.05) is 0 Å². The maximum atomic E-state index is 12.4. The first-order valence-corrected chi connectivity index (χ1v) is 19.6. The largest absolute Gasteiger partial charge is 0.507 e. The molecule has 4 nitrogen and oxygen atoms in total. The number of aromatic nitrogens is 3. The SMILES string of the molecule is [2H]c1c([2H])c([2H])c(-c2ccnc(-c3cc(-c4cccc5c4nc(-c4cc(C)cc(C(C)(C)C)c4O)n5-c4ccc(C(C([2H])([2H])[2H])(C([2H])([2H])[2H])C([2H])([2H])[2H])cc4-c4ccccc4)cc(C(C)(C)C)c3)c2)c([2H])c1[2H]. The first-order chi connectivity index (χ1) is 33.8. The van der Waals surface area contributed by atoms with E-state index in [1.54, 1.807) is 42.5 Å². The molecule has 0 aliphatic rings. The predicted molar refractivity (Wildman–Crippen MR) is 249 cm³/mol. The molecule has 0 saturated heterocycles. The van der Waals surface area contributed by atoms with Gasteiger partial charge in [-0.05, 0) is 111 Å². The molecule has 59 heavy (non-hydrogen) atoms. The highest BCUT2D eigenvalue weighted by Gasteiger charge is 2.28. The van der Waals surface area contributed by atoms with Gasteiger partial charge in [-0.1, -0.05) is 153 Å². The van der Waals surface area contributed by atoms with E-state index in [4.69, 9.17) is 29.2 Å². The number of aromatic hydroxyl groups is 1. The zero-order chi connectivity index (χ0) is 53.7. The number of pyridine rings is 1. The average molecular weight is 788 g/mol. The van der Waals surface area contributed by atoms with Crippen LogP contribution in [0, 0.1) is 6.92 Å². The summed E-state index contributed by atoms with van der Waals surface area (Å²) in [6.45, 7) is 3.53. The van der Waals surface area contributed by atoms with Crippen LogP contribution < -0.4 is 0 Å². The van der Waals surface area contributed by atoms with E-state index in [1.807, 2.05) is 74.7 Å². The third kappa shape index (κ3) is 7.72. The fourth-order valence-electron chi connectivity index (χ4n) is 7.59. The Morgan fingerprint density at radius 2 is 1.34 bits per heavy atom. The molecule has 4 heteroatoms. The Balaban J connectivity index is 1.48. The number of imidazole rings is 1. The summed E-state index contributed by atoms with van der Waals surface area (Å²) in [6.07, 6.45) is 1.54. The summed E-state index contributed by atoms with van der Waals surface area (Å²) in [4.78, 5) is 10.1. The smallest absolute Gasteiger partial charge is 0.149 e. The van der Waals surface area contributed by atoms with Crippen LogP contribution in [-0.2, 0) is 16.2 Å². The Morgan fingerprint density at radius 3 is 2.05 bits per heavy atom. The van der Waals surface area contributed by atoms with Crippen molar-refractivity contribution in [1.29, 1.82) is 0 Å². The molecule has 8 rings (SSSR count). The summed E-state index contributed by atoms with van der Waals surface area (Å²) in [5.41, 5.74) is 3.30. The summed E-state index contributed by atoms with van der Waals surface area (Å²) in [5, 5.41) is 12.4. The molecule has 0 unspecified atom stereocenters. The van der Waals surface area contributed by atoms with E-state index in [2.05, 4.69) is 26.8 Å². The van der Waals surface area contributed by atoms with Crippen molar-refractivity contribution in [2.24, 2.45) is 0 Å². The second-order valence-electron chi connectivity index (χ2n) is 17.2. The fourth-order valence-corrected chi connectivity index (χ4v) is 7.59. The molecule has 0 saturated carbocycles. The second-order valence-corrected chi connectivity index (χ2v) is 17.2. The molecule has 0 aliphatic carbocycles. The molecule has 6 aromatic carbocycles. The molecule has 0 spiro atoms. The van der Waals surface area contributed by atoms with Crippen LogP contribution >= 0.6 is 0 Å². The maximum absolute atomic E-state index is 12.4. The van der Waals surface area contributed by atoms with Gasteiger partial charge in [0.1, 0.15) is 11.6 Å². The molecule has 0 fully saturated rings. The summed E-state index contributed by atoms with van der Waals surface area (Å²) in [6, 6.07) is 29.6. The van der Waals surface area contributed by atoms with Crippen LogP contribution in [0.3, 0.4) is 0 Å². The minimum absolute atomic E-state index is 0.0256. The first kappa shape index (κ1) is 26.0. The normalized spacial score (nSPS) is 16.4. The number of aryl methyl sites for hydroxylation is 1. The van der Waals surface area contributed by atoms with E-state index in [1.165, 1.54) is 24.4 Å². The van der Waals surface area contributed by atoms with Crippen molar-refractivity contribution < 1.29 is 24.3 Å². The highest BCUT2D eigenvalue weighted by Crippen LogP contribution is 2.45. The van der Waals surface area contributed by atoms with Gasteiger partial charge in [-0.15, -0.1) is 0 Å². The number of para-hydroxylation sites is 1. The van der Waals surface area contributed by atoms with Gasteiger partial charge in [0, 0.05) is 40.8 Å². The Hall–Kier alpha value is -6.26. The van der Waals surface area contributed by atoms with Gasteiger partial charge < -0.3 is 5.11 Å². The number of hydrogen-bond donors (Lipinski definition) is 1. The summed E-state index contributed by atoms with van der Waals surface area (Å²) >= 11 is 0. The van der Waals surface area contributed by atoms with E-state index in [9.17, 15) is 5.11 Å². The molecule has 0 atom stereocenters. The summed E-state index contributed by atoms with van der Waals surface area (Å²) in [7, 11) is 0. The number of nitrogens with zero attached hydrogens (tertiary/aromatic N) is 3. The van der Waals surface area contributed by atoms with Gasteiger partial charge in [0.2, 0.25) is 0 Å². The van der Waals surface area contributed by atoms with E-state index < -0.39 is 60.5 Å². The van der Waals surface area contributed by atoms with Crippen molar-refractivity contribution in [3.8, 4) is 67.5 Å². The molecule has 1 N–H and O–H groups in total. The Labute approximate surface area is 370 Å². The first-order valence-electron chi connectivity index (χ1n) is 26.6. The number of benzene rings is 6. The number of phenols is 1. The monoisotopic (exact) mass is 788 g/mol. The molecule has 2 aromatic heterocycles. The summed E-state index contributed by atoms with van der Waals surface area (Å²) < 4.78 is 121. The molecular weight excluding hydrogens is 719 g/mol. The van der Waals surface area contributed by atoms with E-state index in [0.717, 1.165) is 16.7 Å². The summed E-state index contributed by atoms with van der Waals surface area (Å²) in [5.74, 6) is 0.260. The van der Waals surface area contributed by atoms with Crippen molar-refractivity contribution >= 4 is 11.0 Å². The van der Waals surface area contributed by atoms with Gasteiger partial charge >= 0.3 is 0 Å². The predicted octanol–water partition coefficient (Wildman–Crippen LogP) is 14.7. The van der Waals surface area contributed by atoms with E-state index in [0.29, 0.717) is 61.4 Å². The maximum Gasteiger partial charge on any atom is 0.149 e. The lowest BCUT2D eigenvalue weighted by molar-refractivity contribution is 0.448. The van der Waals surface area contributed by atoms with Gasteiger partial charge in [0.15, 0.2) is 0 Å². The lowest BCUT2D eigenvalue weighted by Gasteiger charge is -2.24. The van der Waals surface area contributed by atoms with Crippen LogP contribution in [0.1, 0.15) is 104 Å². The topological polar surface area (TPSA) is 50.9 Å². The number of fused-ring (bicyclic) bond motifs is 1. The van der Waals surface area contributed by atoms with Crippen LogP contribution in [0.25, 0.3) is 72.7 Å². The molecule has 296 valence electrons. The van der Waals surface area contributed by atoms with Gasteiger partial charge in [0.25, 0.3) is 0 Å². The Morgan fingerprint density at radius 1 is 0.593 bits per heavy atom. The lowest BCUT2D eigenvalue weighted by atomic mass is 9.83. The third-order valence-electron chi connectivity index (χ3n) is 10.7. The van der Waals surface area contributed by atoms with Crippen LogP contribution in [0.15, 0.2) is 146 Å². The number of hydrogen-bond acceptors (Lipinski definition) is 3. The number of rotatable bonds is 6.